The first kappa shape index (κ1) is 22.2. The van der Waals surface area contributed by atoms with Crippen molar-refractivity contribution in [2.45, 2.75) is 32.5 Å². The monoisotopic (exact) mass is 460 g/mol. The van der Waals surface area contributed by atoms with Crippen LogP contribution in [0, 0.1) is 18.8 Å². The second-order valence-electron chi connectivity index (χ2n) is 8.86. The number of carbonyl (C=O) groups is 1. The molecule has 2 aliphatic rings. The zero-order valence-corrected chi connectivity index (χ0v) is 18.8. The molecular formula is C27H25FN2O4. The summed E-state index contributed by atoms with van der Waals surface area (Å²) in [6.07, 6.45) is 4.85. The van der Waals surface area contributed by atoms with Gasteiger partial charge in [0.1, 0.15) is 12.1 Å². The Morgan fingerprint density at radius 2 is 2.03 bits per heavy atom. The maximum atomic E-state index is 14.2. The number of aliphatic carboxylic acids is 1. The van der Waals surface area contributed by atoms with E-state index in [2.05, 4.69) is 29.2 Å². The highest BCUT2D eigenvalue weighted by Gasteiger charge is 2.28. The fraction of sp³-hybridized carbons (Fsp3) is 0.296. The minimum atomic E-state index is -1.65. The zero-order valence-electron chi connectivity index (χ0n) is 18.8. The predicted octanol–water partition coefficient (Wildman–Crippen LogP) is 5.63. The predicted molar refractivity (Wildman–Crippen MR) is 125 cm³/mol. The molecule has 2 aliphatic carbocycles. The average Bonchev–Trinajstić information content (AvgIpc) is 3.52. The number of nitrogens with zero attached hydrogens (tertiary/aromatic N) is 2. The molecule has 2 atom stereocenters. The van der Waals surface area contributed by atoms with Gasteiger partial charge in [-0.15, -0.1) is 0 Å². The fourth-order valence-corrected chi connectivity index (χ4v) is 4.07. The third-order valence-electron chi connectivity index (χ3n) is 6.23. The summed E-state index contributed by atoms with van der Waals surface area (Å²) < 4.78 is 25.7. The Hall–Kier alpha value is -3.58. The SMILES string of the molecule is Cc1ccccc1-c1ccc(-c2nc(C3=CC(F)C(C(=O)O)C=C3)no2)cc1COCC1CC1. The van der Waals surface area contributed by atoms with E-state index in [-0.39, 0.29) is 5.82 Å². The van der Waals surface area contributed by atoms with Crippen molar-refractivity contribution in [3.05, 3.63) is 77.6 Å². The van der Waals surface area contributed by atoms with Gasteiger partial charge in [-0.2, -0.15) is 4.98 Å². The molecule has 5 rings (SSSR count). The molecule has 0 bridgehead atoms. The van der Waals surface area contributed by atoms with Crippen LogP contribution in [0.15, 0.2) is 65.2 Å². The second kappa shape index (κ2) is 9.35. The Balaban J connectivity index is 1.43. The van der Waals surface area contributed by atoms with Crippen LogP contribution in [0.3, 0.4) is 0 Å². The first-order valence-electron chi connectivity index (χ1n) is 11.4. The lowest BCUT2D eigenvalue weighted by atomic mass is 9.94. The number of carboxylic acid groups (broad SMARTS) is 1. The number of halogens is 1. The number of hydrogen-bond donors (Lipinski definition) is 1. The van der Waals surface area contributed by atoms with Gasteiger partial charge in [0.25, 0.3) is 5.89 Å². The normalized spacial score (nSPS) is 19.8. The van der Waals surface area contributed by atoms with E-state index in [0.29, 0.717) is 24.0 Å². The van der Waals surface area contributed by atoms with Crippen LogP contribution < -0.4 is 0 Å². The molecule has 7 heteroatoms. The molecule has 0 saturated heterocycles. The van der Waals surface area contributed by atoms with E-state index in [1.807, 2.05) is 30.3 Å². The van der Waals surface area contributed by atoms with Crippen LogP contribution in [0.2, 0.25) is 0 Å². The van der Waals surface area contributed by atoms with E-state index < -0.39 is 18.1 Å². The Bertz CT molecular complexity index is 1280. The summed E-state index contributed by atoms with van der Waals surface area (Å²) in [6.45, 7) is 3.31. The summed E-state index contributed by atoms with van der Waals surface area (Å²) in [7, 11) is 0. The van der Waals surface area contributed by atoms with Gasteiger partial charge in [-0.25, -0.2) is 4.39 Å². The topological polar surface area (TPSA) is 85.5 Å². The second-order valence-corrected chi connectivity index (χ2v) is 8.86. The first-order chi connectivity index (χ1) is 16.5. The number of aryl methyl sites for hydroxylation is 1. The van der Waals surface area contributed by atoms with E-state index in [0.717, 1.165) is 28.9 Å². The van der Waals surface area contributed by atoms with Crippen LogP contribution in [0.25, 0.3) is 28.2 Å². The number of rotatable bonds is 8. The average molecular weight is 461 g/mol. The summed E-state index contributed by atoms with van der Waals surface area (Å²) in [6, 6.07) is 14.2. The van der Waals surface area contributed by atoms with Crippen molar-refractivity contribution in [2.24, 2.45) is 11.8 Å². The Labute approximate surface area is 196 Å². The molecule has 3 aromatic rings. The maximum absolute atomic E-state index is 14.2. The summed E-state index contributed by atoms with van der Waals surface area (Å²) >= 11 is 0. The molecule has 6 nitrogen and oxygen atoms in total. The molecule has 0 spiro atoms. The Kier molecular flexibility index (Phi) is 6.11. The molecule has 1 aromatic heterocycles. The van der Waals surface area contributed by atoms with Gasteiger partial charge in [-0.05, 0) is 66.1 Å². The highest BCUT2D eigenvalue weighted by atomic mass is 19.1. The summed E-state index contributed by atoms with van der Waals surface area (Å²) in [5.41, 5.74) is 5.57. The van der Waals surface area contributed by atoms with Gasteiger partial charge in [0.15, 0.2) is 0 Å². The van der Waals surface area contributed by atoms with E-state index in [1.165, 1.54) is 36.6 Å². The van der Waals surface area contributed by atoms with Crippen molar-refractivity contribution >= 4 is 11.5 Å². The molecule has 34 heavy (non-hydrogen) atoms. The van der Waals surface area contributed by atoms with Crippen LogP contribution in [-0.4, -0.2) is 34.0 Å². The number of carboxylic acids is 1. The zero-order chi connectivity index (χ0) is 23.7. The van der Waals surface area contributed by atoms with Crippen LogP contribution in [0.1, 0.15) is 29.8 Å². The lowest BCUT2D eigenvalue weighted by Gasteiger charge is -2.14. The van der Waals surface area contributed by atoms with Gasteiger partial charge in [0, 0.05) is 17.7 Å². The van der Waals surface area contributed by atoms with Crippen LogP contribution in [0.5, 0.6) is 0 Å². The van der Waals surface area contributed by atoms with Crippen LogP contribution in [0.4, 0.5) is 4.39 Å². The van der Waals surface area contributed by atoms with E-state index in [1.54, 1.807) is 0 Å². The summed E-state index contributed by atoms with van der Waals surface area (Å²) in [5.74, 6) is -1.23. The van der Waals surface area contributed by atoms with Gasteiger partial charge < -0.3 is 14.4 Å². The quantitative estimate of drug-likeness (QED) is 0.469. The molecule has 0 radical (unpaired) electrons. The van der Waals surface area contributed by atoms with Crippen molar-refractivity contribution in [1.29, 1.82) is 0 Å². The summed E-state index contributed by atoms with van der Waals surface area (Å²) in [5, 5.41) is 13.1. The summed E-state index contributed by atoms with van der Waals surface area (Å²) in [4.78, 5) is 15.6. The van der Waals surface area contributed by atoms with E-state index in [4.69, 9.17) is 14.4 Å². The van der Waals surface area contributed by atoms with Gasteiger partial charge in [-0.1, -0.05) is 47.6 Å². The number of hydrogen-bond acceptors (Lipinski definition) is 5. The molecule has 0 aliphatic heterocycles. The number of allylic oxidation sites excluding steroid dienone is 3. The largest absolute Gasteiger partial charge is 0.481 e. The number of aromatic nitrogens is 2. The molecule has 0 amide bonds. The molecule has 1 heterocycles. The van der Waals surface area contributed by atoms with Crippen molar-refractivity contribution in [1.82, 2.24) is 10.1 Å². The number of benzene rings is 2. The lowest BCUT2D eigenvalue weighted by Crippen LogP contribution is -2.23. The van der Waals surface area contributed by atoms with Gasteiger partial charge in [0.05, 0.1) is 6.61 Å². The van der Waals surface area contributed by atoms with Crippen LogP contribution >= 0.6 is 0 Å². The molecule has 2 aromatic carbocycles. The van der Waals surface area contributed by atoms with Crippen molar-refractivity contribution in [3.63, 3.8) is 0 Å². The van der Waals surface area contributed by atoms with E-state index in [9.17, 15) is 9.18 Å². The molecule has 1 saturated carbocycles. The van der Waals surface area contributed by atoms with Crippen LogP contribution in [-0.2, 0) is 16.1 Å². The highest BCUT2D eigenvalue weighted by molar-refractivity contribution is 5.80. The fourth-order valence-electron chi connectivity index (χ4n) is 4.07. The Morgan fingerprint density at radius 3 is 2.76 bits per heavy atom. The van der Waals surface area contributed by atoms with Gasteiger partial charge in [0.2, 0.25) is 5.82 Å². The number of alkyl halides is 1. The maximum Gasteiger partial charge on any atom is 0.313 e. The van der Waals surface area contributed by atoms with Crippen molar-refractivity contribution in [3.8, 4) is 22.6 Å². The third kappa shape index (κ3) is 4.70. The molecular weight excluding hydrogens is 435 g/mol. The third-order valence-corrected chi connectivity index (χ3v) is 6.23. The molecule has 174 valence electrons. The van der Waals surface area contributed by atoms with E-state index >= 15 is 0 Å². The van der Waals surface area contributed by atoms with Gasteiger partial charge >= 0.3 is 5.97 Å². The first-order valence-corrected chi connectivity index (χ1v) is 11.4. The molecule has 1 fully saturated rings. The minimum absolute atomic E-state index is 0.215. The van der Waals surface area contributed by atoms with Gasteiger partial charge in [-0.3, -0.25) is 4.79 Å². The standard InChI is InChI=1S/C27H25FN2O4/c1-16-4-2-3-5-21(16)22-10-9-19(12-20(22)15-33-14-17-6-7-17)26-29-25(30-34-26)18-8-11-23(27(31)32)24(28)13-18/h2-5,8-13,17,23-24H,6-7,14-15H2,1H3,(H,31,32). The Morgan fingerprint density at radius 1 is 1.21 bits per heavy atom. The highest BCUT2D eigenvalue weighted by Crippen LogP contribution is 2.33. The molecule has 1 N–H and O–H groups in total. The van der Waals surface area contributed by atoms with Crippen molar-refractivity contribution in [2.75, 3.05) is 6.61 Å². The minimum Gasteiger partial charge on any atom is -0.481 e. The number of ether oxygens (including phenoxy) is 1. The molecule has 2 unspecified atom stereocenters. The smallest absolute Gasteiger partial charge is 0.313 e. The lowest BCUT2D eigenvalue weighted by molar-refractivity contribution is -0.141. The van der Waals surface area contributed by atoms with Crippen molar-refractivity contribution < 1.29 is 23.6 Å².